The predicted octanol–water partition coefficient (Wildman–Crippen LogP) is 2.95. The van der Waals surface area contributed by atoms with Gasteiger partial charge in [0.15, 0.2) is 0 Å². The van der Waals surface area contributed by atoms with E-state index in [4.69, 9.17) is 0 Å². The molecule has 1 N–H and O–H groups in total. The molecule has 17 heavy (non-hydrogen) atoms. The van der Waals surface area contributed by atoms with Crippen LogP contribution in [0, 0.1) is 5.92 Å². The monoisotopic (exact) mass is 295 g/mol. The van der Waals surface area contributed by atoms with E-state index in [0.717, 1.165) is 29.5 Å². The van der Waals surface area contributed by atoms with Crippen molar-refractivity contribution in [3.8, 4) is 0 Å². The first kappa shape index (κ1) is 12.8. The van der Waals surface area contributed by atoms with Crippen molar-refractivity contribution in [3.63, 3.8) is 0 Å². The smallest absolute Gasteiger partial charge is 0.137 e. The molecule has 2 rings (SSSR count). The summed E-state index contributed by atoms with van der Waals surface area (Å²) in [5.74, 6) is 0.910. The average Bonchev–Trinajstić information content (AvgIpc) is 2.33. The Balaban J connectivity index is 1.82. The van der Waals surface area contributed by atoms with Crippen LogP contribution in [0.25, 0.3) is 0 Å². The third kappa shape index (κ3) is 4.25. The summed E-state index contributed by atoms with van der Waals surface area (Å²) in [6, 6.07) is 8.01. The fourth-order valence-electron chi connectivity index (χ4n) is 2.32. The highest BCUT2D eigenvalue weighted by molar-refractivity contribution is 9.10. The van der Waals surface area contributed by atoms with Crippen LogP contribution in [0.4, 0.5) is 0 Å². The molecule has 0 amide bonds. The molecule has 1 saturated heterocycles. The number of nitrogens with one attached hydrogen (secondary N) is 1. The summed E-state index contributed by atoms with van der Waals surface area (Å²) in [5, 5.41) is 3.35. The molecule has 0 spiro atoms. The first-order valence-electron chi connectivity index (χ1n) is 6.21. The quantitative estimate of drug-likeness (QED) is 0.925. The molecular formula is C14H18BrNO. The minimum atomic E-state index is 0.362. The van der Waals surface area contributed by atoms with Gasteiger partial charge in [-0.1, -0.05) is 28.1 Å². The molecule has 1 heterocycles. The van der Waals surface area contributed by atoms with Crippen molar-refractivity contribution in [2.45, 2.75) is 25.7 Å². The Morgan fingerprint density at radius 1 is 1.35 bits per heavy atom. The standard InChI is InChI=1S/C14H18BrNO/c15-13-5-3-11(4-6-13)8-14(17)9-12-2-1-7-16-10-12/h3-6,12,16H,1-2,7-10H2. The first-order chi connectivity index (χ1) is 8.24. The van der Waals surface area contributed by atoms with E-state index in [1.807, 2.05) is 24.3 Å². The summed E-state index contributed by atoms with van der Waals surface area (Å²) < 4.78 is 1.06. The van der Waals surface area contributed by atoms with Crippen LogP contribution >= 0.6 is 15.9 Å². The lowest BCUT2D eigenvalue weighted by atomic mass is 9.92. The molecule has 0 bridgehead atoms. The number of carbonyl (C=O) groups excluding carboxylic acids is 1. The first-order valence-corrected chi connectivity index (χ1v) is 7.00. The van der Waals surface area contributed by atoms with Crippen molar-refractivity contribution in [3.05, 3.63) is 34.3 Å². The number of carbonyl (C=O) groups is 1. The van der Waals surface area contributed by atoms with Crippen molar-refractivity contribution < 1.29 is 4.79 Å². The van der Waals surface area contributed by atoms with Crippen LogP contribution in [-0.4, -0.2) is 18.9 Å². The van der Waals surface area contributed by atoms with E-state index >= 15 is 0 Å². The van der Waals surface area contributed by atoms with Crippen LogP contribution in [0.2, 0.25) is 0 Å². The van der Waals surface area contributed by atoms with Gasteiger partial charge in [0.1, 0.15) is 5.78 Å². The Morgan fingerprint density at radius 3 is 2.76 bits per heavy atom. The Bertz CT molecular complexity index is 368. The van der Waals surface area contributed by atoms with Crippen molar-refractivity contribution in [2.75, 3.05) is 13.1 Å². The van der Waals surface area contributed by atoms with E-state index in [0.29, 0.717) is 18.1 Å². The highest BCUT2D eigenvalue weighted by Crippen LogP contribution is 2.16. The fourth-order valence-corrected chi connectivity index (χ4v) is 2.59. The minimum absolute atomic E-state index is 0.362. The van der Waals surface area contributed by atoms with Crippen LogP contribution in [-0.2, 0) is 11.2 Å². The molecule has 3 heteroatoms. The summed E-state index contributed by atoms with van der Waals surface area (Å²) in [4.78, 5) is 11.9. The van der Waals surface area contributed by atoms with E-state index < -0.39 is 0 Å². The minimum Gasteiger partial charge on any atom is -0.316 e. The number of piperidine rings is 1. The highest BCUT2D eigenvalue weighted by atomic mass is 79.9. The predicted molar refractivity (Wildman–Crippen MR) is 73.1 cm³/mol. The lowest BCUT2D eigenvalue weighted by molar-refractivity contribution is -0.119. The second kappa shape index (κ2) is 6.31. The summed E-state index contributed by atoms with van der Waals surface area (Å²) in [7, 11) is 0. The van der Waals surface area contributed by atoms with E-state index in [1.165, 1.54) is 12.8 Å². The molecule has 1 atom stereocenters. The zero-order valence-electron chi connectivity index (χ0n) is 9.92. The van der Waals surface area contributed by atoms with E-state index in [1.54, 1.807) is 0 Å². The van der Waals surface area contributed by atoms with Gasteiger partial charge in [0.25, 0.3) is 0 Å². The van der Waals surface area contributed by atoms with Crippen molar-refractivity contribution >= 4 is 21.7 Å². The zero-order valence-corrected chi connectivity index (χ0v) is 11.5. The van der Waals surface area contributed by atoms with Crippen LogP contribution in [0.1, 0.15) is 24.8 Å². The van der Waals surface area contributed by atoms with Gasteiger partial charge in [0.05, 0.1) is 0 Å². The van der Waals surface area contributed by atoms with Crippen molar-refractivity contribution in [2.24, 2.45) is 5.92 Å². The molecule has 0 aliphatic carbocycles. The third-order valence-corrected chi connectivity index (χ3v) is 3.76. The number of rotatable bonds is 4. The van der Waals surface area contributed by atoms with Gasteiger partial charge in [0, 0.05) is 17.3 Å². The van der Waals surface area contributed by atoms with E-state index in [-0.39, 0.29) is 0 Å². The zero-order chi connectivity index (χ0) is 12.1. The third-order valence-electron chi connectivity index (χ3n) is 3.23. The molecule has 1 aliphatic heterocycles. The van der Waals surface area contributed by atoms with Gasteiger partial charge in [-0.25, -0.2) is 0 Å². The molecule has 1 aliphatic rings. The van der Waals surface area contributed by atoms with Crippen LogP contribution in [0.3, 0.4) is 0 Å². The molecule has 0 saturated carbocycles. The van der Waals surface area contributed by atoms with Crippen molar-refractivity contribution in [1.82, 2.24) is 5.32 Å². The molecule has 2 nitrogen and oxygen atoms in total. The Hall–Kier alpha value is -0.670. The molecular weight excluding hydrogens is 278 g/mol. The van der Waals surface area contributed by atoms with Gasteiger partial charge in [-0.05, 0) is 49.5 Å². The number of hydrogen-bond acceptors (Lipinski definition) is 2. The largest absolute Gasteiger partial charge is 0.316 e. The maximum atomic E-state index is 11.9. The molecule has 92 valence electrons. The number of ketones is 1. The highest BCUT2D eigenvalue weighted by Gasteiger charge is 2.16. The van der Waals surface area contributed by atoms with Gasteiger partial charge in [0.2, 0.25) is 0 Å². The van der Waals surface area contributed by atoms with Gasteiger partial charge in [-0.2, -0.15) is 0 Å². The lowest BCUT2D eigenvalue weighted by Gasteiger charge is -2.21. The number of Topliss-reactive ketones (excluding diaryl/α,β-unsaturated/α-hetero) is 1. The van der Waals surface area contributed by atoms with E-state index in [9.17, 15) is 4.79 Å². The van der Waals surface area contributed by atoms with Crippen molar-refractivity contribution in [1.29, 1.82) is 0 Å². The molecule has 1 aromatic rings. The Morgan fingerprint density at radius 2 is 2.12 bits per heavy atom. The summed E-state index contributed by atoms with van der Waals surface area (Å²) in [6.45, 7) is 2.11. The molecule has 0 radical (unpaired) electrons. The normalized spacial score (nSPS) is 20.2. The average molecular weight is 296 g/mol. The molecule has 1 unspecified atom stereocenters. The van der Waals surface area contributed by atoms with Gasteiger partial charge in [-0.3, -0.25) is 4.79 Å². The second-order valence-corrected chi connectivity index (χ2v) is 5.67. The fraction of sp³-hybridized carbons (Fsp3) is 0.500. The molecule has 1 fully saturated rings. The molecule has 1 aromatic carbocycles. The van der Waals surface area contributed by atoms with Gasteiger partial charge < -0.3 is 5.32 Å². The summed E-state index contributed by atoms with van der Waals surface area (Å²) in [6.07, 6.45) is 3.70. The topological polar surface area (TPSA) is 29.1 Å². The second-order valence-electron chi connectivity index (χ2n) is 4.76. The van der Waals surface area contributed by atoms with Crippen LogP contribution in [0.5, 0.6) is 0 Å². The van der Waals surface area contributed by atoms with Gasteiger partial charge >= 0.3 is 0 Å². The summed E-state index contributed by atoms with van der Waals surface area (Å²) >= 11 is 3.40. The lowest BCUT2D eigenvalue weighted by Crippen LogP contribution is -2.31. The number of benzene rings is 1. The summed E-state index contributed by atoms with van der Waals surface area (Å²) in [5.41, 5.74) is 1.11. The van der Waals surface area contributed by atoms with Gasteiger partial charge in [-0.15, -0.1) is 0 Å². The Labute approximate surface area is 111 Å². The number of halogens is 1. The maximum Gasteiger partial charge on any atom is 0.137 e. The number of hydrogen-bond donors (Lipinski definition) is 1. The maximum absolute atomic E-state index is 11.9. The molecule has 0 aromatic heterocycles. The van der Waals surface area contributed by atoms with E-state index in [2.05, 4.69) is 21.2 Å². The SMILES string of the molecule is O=C(Cc1ccc(Br)cc1)CC1CCCNC1. The Kier molecular flexibility index (Phi) is 4.75. The van der Waals surface area contributed by atoms with Crippen LogP contribution in [0.15, 0.2) is 28.7 Å². The van der Waals surface area contributed by atoms with Crippen LogP contribution < -0.4 is 5.32 Å².